The van der Waals surface area contributed by atoms with Crippen LogP contribution < -0.4 is 10.5 Å². The molecule has 8 heteroatoms. The third-order valence-electron chi connectivity index (χ3n) is 4.79. The summed E-state index contributed by atoms with van der Waals surface area (Å²) in [7, 11) is 0. The van der Waals surface area contributed by atoms with Crippen LogP contribution in [0.1, 0.15) is 39.8 Å². The number of carboxylic acids is 1. The molecule has 1 radical (unpaired) electrons. The summed E-state index contributed by atoms with van der Waals surface area (Å²) in [5, 5.41) is 13.7. The fourth-order valence-corrected chi connectivity index (χ4v) is 3.21. The Morgan fingerprint density at radius 3 is 2.52 bits per heavy atom. The quantitative estimate of drug-likeness (QED) is 0.465. The van der Waals surface area contributed by atoms with E-state index in [2.05, 4.69) is 5.10 Å². The van der Waals surface area contributed by atoms with E-state index < -0.39 is 17.9 Å². The van der Waals surface area contributed by atoms with Crippen LogP contribution in [0.5, 0.6) is 5.75 Å². The fraction of sp³-hybridized carbons (Fsp3) is 0.238. The normalized spacial score (nSPS) is 12.0. The lowest BCUT2D eigenvalue weighted by Gasteiger charge is -2.16. The molecule has 2 heterocycles. The topological polar surface area (TPSA) is 124 Å². The molecule has 3 rings (SSSR count). The highest BCUT2D eigenvalue weighted by molar-refractivity contribution is 6.35. The van der Waals surface area contributed by atoms with Crippen LogP contribution in [-0.4, -0.2) is 38.9 Å². The number of carboxylic acid groups (broad SMARTS) is 1. The number of anilines is 1. The van der Waals surface area contributed by atoms with E-state index in [0.717, 1.165) is 16.8 Å². The summed E-state index contributed by atoms with van der Waals surface area (Å²) in [5.74, 6) is -2.29. The van der Waals surface area contributed by atoms with Crippen molar-refractivity contribution in [2.24, 2.45) is 0 Å². The molecule has 0 amide bonds. The molecular formula is C21H20N3O5. The van der Waals surface area contributed by atoms with Gasteiger partial charge in [-0.2, -0.15) is 5.10 Å². The van der Waals surface area contributed by atoms with Crippen LogP contribution in [0.3, 0.4) is 0 Å². The van der Waals surface area contributed by atoms with E-state index in [1.807, 2.05) is 37.3 Å². The number of Topliss-reactive ketones (excluding diaryl/α,β-unsaturated/α-hetero) is 1. The second-order valence-corrected chi connectivity index (χ2v) is 6.73. The molecule has 3 aromatic rings. The number of hydrogen-bond acceptors (Lipinski definition) is 6. The average molecular weight is 394 g/mol. The Kier molecular flexibility index (Phi) is 5.36. The Morgan fingerprint density at radius 1 is 1.28 bits per heavy atom. The van der Waals surface area contributed by atoms with E-state index in [4.69, 9.17) is 10.5 Å². The Hall–Kier alpha value is -3.68. The molecule has 0 aliphatic carbocycles. The lowest BCUT2D eigenvalue weighted by Crippen LogP contribution is -2.25. The number of carbonyl (C=O) groups excluding carboxylic acids is 2. The van der Waals surface area contributed by atoms with Gasteiger partial charge in [-0.05, 0) is 31.9 Å². The monoisotopic (exact) mass is 394 g/mol. The van der Waals surface area contributed by atoms with Gasteiger partial charge in [0.05, 0.1) is 22.6 Å². The van der Waals surface area contributed by atoms with E-state index in [1.54, 1.807) is 11.4 Å². The molecule has 2 aromatic heterocycles. The third-order valence-corrected chi connectivity index (χ3v) is 4.79. The first-order valence-electron chi connectivity index (χ1n) is 8.92. The molecule has 0 aliphatic heterocycles. The zero-order valence-electron chi connectivity index (χ0n) is 16.2. The number of benzene rings is 1. The predicted molar refractivity (Wildman–Crippen MR) is 106 cm³/mol. The van der Waals surface area contributed by atoms with Crippen LogP contribution in [-0.2, 0) is 16.0 Å². The van der Waals surface area contributed by atoms with Gasteiger partial charge in [0.1, 0.15) is 5.52 Å². The summed E-state index contributed by atoms with van der Waals surface area (Å²) in [6, 6.07) is 9.68. The zero-order valence-corrected chi connectivity index (χ0v) is 16.2. The number of rotatable bonds is 7. The van der Waals surface area contributed by atoms with Crippen LogP contribution in [0.4, 0.5) is 5.69 Å². The number of aromatic nitrogens is 2. The number of carbonyl (C=O) groups is 2. The molecule has 0 fully saturated rings. The minimum absolute atomic E-state index is 0.0827. The maximum absolute atomic E-state index is 12.2. The lowest BCUT2D eigenvalue weighted by molar-refractivity contribution is -0.144. The van der Waals surface area contributed by atoms with Gasteiger partial charge in [-0.25, -0.2) is 9.31 Å². The SMILES string of the molecule is Cc1nn2c(Cc3ccccc3)c(C)c(N)c2c(OC(C)C(=O)O)c1C(=O)[C]=O. The molecular weight excluding hydrogens is 374 g/mol. The van der Waals surface area contributed by atoms with Crippen molar-refractivity contribution in [3.8, 4) is 5.75 Å². The van der Waals surface area contributed by atoms with E-state index in [1.165, 1.54) is 13.2 Å². The number of aryl methyl sites for hydroxylation is 1. The Balaban J connectivity index is 2.31. The highest BCUT2D eigenvalue weighted by Gasteiger charge is 2.28. The van der Waals surface area contributed by atoms with Crippen molar-refractivity contribution in [1.29, 1.82) is 0 Å². The number of fused-ring (bicyclic) bond motifs is 1. The van der Waals surface area contributed by atoms with Crippen molar-refractivity contribution >= 4 is 29.2 Å². The van der Waals surface area contributed by atoms with Crippen molar-refractivity contribution in [2.75, 3.05) is 5.73 Å². The number of nitrogens with zero attached hydrogens (tertiary/aromatic N) is 2. The number of hydrogen-bond donors (Lipinski definition) is 2. The highest BCUT2D eigenvalue weighted by atomic mass is 16.5. The largest absolute Gasteiger partial charge is 0.479 e. The molecule has 0 bridgehead atoms. The van der Waals surface area contributed by atoms with Crippen molar-refractivity contribution in [3.05, 3.63) is 58.4 Å². The van der Waals surface area contributed by atoms with Crippen molar-refractivity contribution in [2.45, 2.75) is 33.3 Å². The Bertz CT molecular complexity index is 1120. The van der Waals surface area contributed by atoms with Crippen molar-refractivity contribution < 1.29 is 24.2 Å². The van der Waals surface area contributed by atoms with Gasteiger partial charge < -0.3 is 15.6 Å². The van der Waals surface area contributed by atoms with Crippen LogP contribution in [0.25, 0.3) is 5.52 Å². The summed E-state index contributed by atoms with van der Waals surface area (Å²) < 4.78 is 7.14. The van der Waals surface area contributed by atoms with Crippen LogP contribution >= 0.6 is 0 Å². The summed E-state index contributed by atoms with van der Waals surface area (Å²) >= 11 is 0. The number of ketones is 1. The third kappa shape index (κ3) is 3.56. The average Bonchev–Trinajstić information content (AvgIpc) is 2.92. The van der Waals surface area contributed by atoms with Gasteiger partial charge in [0.15, 0.2) is 11.9 Å². The maximum atomic E-state index is 12.2. The molecule has 149 valence electrons. The van der Waals surface area contributed by atoms with Crippen molar-refractivity contribution in [1.82, 2.24) is 9.61 Å². The molecule has 8 nitrogen and oxygen atoms in total. The standard InChI is InChI=1S/C21H20N3O5/c1-11-15(9-14-7-5-4-6-8-14)24-19(18(11)22)20(29-13(3)21(27)28)17(12(2)23-24)16(26)10-25/h4-8,13H,9,22H2,1-3H3,(H,27,28). The van der Waals surface area contributed by atoms with Gasteiger partial charge in [-0.3, -0.25) is 9.59 Å². The summed E-state index contributed by atoms with van der Waals surface area (Å²) in [5.41, 5.74) is 9.46. The maximum Gasteiger partial charge on any atom is 0.344 e. The van der Waals surface area contributed by atoms with Crippen LogP contribution in [0.2, 0.25) is 0 Å². The molecule has 1 unspecified atom stereocenters. The Morgan fingerprint density at radius 2 is 1.93 bits per heavy atom. The molecule has 29 heavy (non-hydrogen) atoms. The number of nitrogens with two attached hydrogens (primary N) is 1. The first-order valence-corrected chi connectivity index (χ1v) is 8.92. The number of nitrogen functional groups attached to an aromatic ring is 1. The van der Waals surface area contributed by atoms with Gasteiger partial charge in [-0.15, -0.1) is 0 Å². The summed E-state index contributed by atoms with van der Waals surface area (Å²) in [6.07, 6.45) is 0.544. The van der Waals surface area contributed by atoms with Crippen LogP contribution in [0, 0.1) is 13.8 Å². The van der Waals surface area contributed by atoms with Gasteiger partial charge in [-0.1, -0.05) is 30.3 Å². The summed E-state index contributed by atoms with van der Waals surface area (Å²) in [4.78, 5) is 34.6. The summed E-state index contributed by atoms with van der Waals surface area (Å²) in [6.45, 7) is 4.68. The number of ether oxygens (including phenoxy) is 1. The van der Waals surface area contributed by atoms with Crippen LogP contribution in [0.15, 0.2) is 30.3 Å². The van der Waals surface area contributed by atoms with E-state index >= 15 is 0 Å². The lowest BCUT2D eigenvalue weighted by atomic mass is 10.1. The molecule has 3 N–H and O–H groups in total. The minimum atomic E-state index is -1.27. The minimum Gasteiger partial charge on any atom is -0.479 e. The predicted octanol–water partition coefficient (Wildman–Crippen LogP) is 2.27. The molecule has 0 saturated carbocycles. The van der Waals surface area contributed by atoms with E-state index in [9.17, 15) is 19.5 Å². The molecule has 0 spiro atoms. The molecule has 1 atom stereocenters. The second-order valence-electron chi connectivity index (χ2n) is 6.73. The van der Waals surface area contributed by atoms with Crippen molar-refractivity contribution in [3.63, 3.8) is 0 Å². The highest BCUT2D eigenvalue weighted by Crippen LogP contribution is 2.37. The van der Waals surface area contributed by atoms with Gasteiger partial charge in [0, 0.05) is 6.42 Å². The van der Waals surface area contributed by atoms with Gasteiger partial charge in [0.2, 0.25) is 5.78 Å². The Labute approximate surface area is 166 Å². The first kappa shape index (κ1) is 20.1. The molecule has 1 aromatic carbocycles. The van der Waals surface area contributed by atoms with E-state index in [-0.39, 0.29) is 22.5 Å². The molecule has 0 aliphatic rings. The van der Waals surface area contributed by atoms with Gasteiger partial charge in [0.25, 0.3) is 6.29 Å². The first-order chi connectivity index (χ1) is 13.8. The fourth-order valence-electron chi connectivity index (χ4n) is 3.21. The molecule has 0 saturated heterocycles. The zero-order chi connectivity index (χ0) is 21.3. The van der Waals surface area contributed by atoms with Gasteiger partial charge >= 0.3 is 5.97 Å². The second kappa shape index (κ2) is 7.75. The smallest absolute Gasteiger partial charge is 0.344 e. The van der Waals surface area contributed by atoms with E-state index in [0.29, 0.717) is 12.1 Å². The number of aliphatic carboxylic acids is 1.